The lowest BCUT2D eigenvalue weighted by Crippen LogP contribution is -2.10. The molecule has 0 unspecified atom stereocenters. The fourth-order valence-electron chi connectivity index (χ4n) is 3.06. The number of fused-ring (bicyclic) bond motifs is 1. The van der Waals surface area contributed by atoms with Gasteiger partial charge in [-0.3, -0.25) is 9.20 Å². The van der Waals surface area contributed by atoms with Gasteiger partial charge in [0.1, 0.15) is 0 Å². The molecule has 0 amide bonds. The fourth-order valence-corrected chi connectivity index (χ4v) is 3.06. The van der Waals surface area contributed by atoms with E-state index in [1.165, 1.54) is 12.8 Å². The van der Waals surface area contributed by atoms with Crippen LogP contribution in [0.2, 0.25) is 0 Å². The van der Waals surface area contributed by atoms with Crippen LogP contribution in [0.3, 0.4) is 0 Å². The lowest BCUT2D eigenvalue weighted by atomic mass is 10.0. The molecular weight excluding hydrogens is 328 g/mol. The second kappa shape index (κ2) is 7.25. The van der Waals surface area contributed by atoms with Crippen LogP contribution >= 0.6 is 0 Å². The van der Waals surface area contributed by atoms with Crippen molar-refractivity contribution in [3.63, 3.8) is 0 Å². The first-order valence-electron chi connectivity index (χ1n) is 8.95. The Bertz CT molecular complexity index is 913. The Labute approximate surface area is 152 Å². The summed E-state index contributed by atoms with van der Waals surface area (Å²) in [5.41, 5.74) is 3.55. The van der Waals surface area contributed by atoms with E-state index < -0.39 is 0 Å². The number of aromatic nitrogens is 3. The number of carbonyl (C=O) groups is 1. The molecule has 1 aromatic carbocycles. The molecule has 26 heavy (non-hydrogen) atoms. The highest BCUT2D eigenvalue weighted by molar-refractivity contribution is 5.96. The van der Waals surface area contributed by atoms with Crippen LogP contribution < -0.4 is 5.32 Å². The van der Waals surface area contributed by atoms with Crippen LogP contribution in [0.15, 0.2) is 42.9 Å². The normalized spacial score (nSPS) is 13.9. The molecule has 6 heteroatoms. The molecule has 4 rings (SSSR count). The number of benzene rings is 1. The van der Waals surface area contributed by atoms with Gasteiger partial charge in [0, 0.05) is 43.6 Å². The third-order valence-corrected chi connectivity index (χ3v) is 4.70. The summed E-state index contributed by atoms with van der Waals surface area (Å²) in [4.78, 5) is 21.1. The van der Waals surface area contributed by atoms with Gasteiger partial charge in [0.25, 0.3) is 0 Å². The van der Waals surface area contributed by atoms with Gasteiger partial charge in [0.05, 0.1) is 18.5 Å². The summed E-state index contributed by atoms with van der Waals surface area (Å²) >= 11 is 0. The van der Waals surface area contributed by atoms with Crippen molar-refractivity contribution < 1.29 is 9.53 Å². The molecule has 0 aliphatic heterocycles. The van der Waals surface area contributed by atoms with Gasteiger partial charge in [-0.15, -0.1) is 0 Å². The van der Waals surface area contributed by atoms with Crippen molar-refractivity contribution in [3.05, 3.63) is 48.4 Å². The molecule has 1 aliphatic carbocycles. The minimum absolute atomic E-state index is 0.242. The van der Waals surface area contributed by atoms with Crippen LogP contribution in [0.4, 0.5) is 5.82 Å². The number of ketones is 1. The molecule has 2 heterocycles. The molecule has 3 aromatic rings. The topological polar surface area (TPSA) is 68.5 Å². The van der Waals surface area contributed by atoms with Crippen LogP contribution in [0.25, 0.3) is 16.9 Å². The molecule has 1 aliphatic rings. The van der Waals surface area contributed by atoms with Crippen LogP contribution in [0, 0.1) is 5.92 Å². The number of anilines is 1. The Morgan fingerprint density at radius 1 is 1.27 bits per heavy atom. The number of methoxy groups -OCH3 is 1. The maximum absolute atomic E-state index is 12.2. The Kier molecular flexibility index (Phi) is 4.67. The van der Waals surface area contributed by atoms with E-state index in [2.05, 4.69) is 15.3 Å². The number of hydrogen-bond donors (Lipinski definition) is 1. The van der Waals surface area contributed by atoms with E-state index >= 15 is 0 Å². The Hall–Kier alpha value is -2.73. The van der Waals surface area contributed by atoms with Crippen molar-refractivity contribution in [2.24, 2.45) is 5.92 Å². The first kappa shape index (κ1) is 16.7. The zero-order valence-corrected chi connectivity index (χ0v) is 14.8. The SMILES string of the molecule is COCCNc1nccn2c(-c3ccc(C(=O)CC4CC4)cc3)cnc12. The van der Waals surface area contributed by atoms with E-state index in [1.807, 2.05) is 41.1 Å². The van der Waals surface area contributed by atoms with Crippen molar-refractivity contribution in [1.82, 2.24) is 14.4 Å². The average molecular weight is 350 g/mol. The Morgan fingerprint density at radius 3 is 2.81 bits per heavy atom. The molecule has 2 aromatic heterocycles. The molecule has 0 spiro atoms. The number of Topliss-reactive ketones (excluding diaryl/α,β-unsaturated/α-hetero) is 1. The third kappa shape index (κ3) is 3.46. The zero-order chi connectivity index (χ0) is 17.9. The van der Waals surface area contributed by atoms with Crippen molar-refractivity contribution in [1.29, 1.82) is 0 Å². The molecule has 0 bridgehead atoms. The standard InChI is InChI=1S/C20H22N4O2/c1-26-11-9-22-19-20-23-13-17(24(20)10-8-21-19)15-4-6-16(7-5-15)18(25)12-14-2-3-14/h4-8,10,13-14H,2-3,9,11-12H2,1H3,(H,21,22). The van der Waals surface area contributed by atoms with Gasteiger partial charge in [0.15, 0.2) is 17.2 Å². The molecule has 0 radical (unpaired) electrons. The Morgan fingerprint density at radius 2 is 2.08 bits per heavy atom. The maximum Gasteiger partial charge on any atom is 0.180 e. The Balaban J connectivity index is 1.58. The van der Waals surface area contributed by atoms with Gasteiger partial charge < -0.3 is 10.1 Å². The number of ether oxygens (including phenoxy) is 1. The second-order valence-corrected chi connectivity index (χ2v) is 6.68. The highest BCUT2D eigenvalue weighted by atomic mass is 16.5. The first-order chi connectivity index (χ1) is 12.8. The number of hydrogen-bond acceptors (Lipinski definition) is 5. The van der Waals surface area contributed by atoms with Gasteiger partial charge >= 0.3 is 0 Å². The maximum atomic E-state index is 12.2. The van der Waals surface area contributed by atoms with Gasteiger partial charge in [-0.2, -0.15) is 0 Å². The highest BCUT2D eigenvalue weighted by Crippen LogP contribution is 2.33. The summed E-state index contributed by atoms with van der Waals surface area (Å²) in [5.74, 6) is 1.58. The molecule has 134 valence electrons. The van der Waals surface area contributed by atoms with E-state index in [0.717, 1.165) is 28.3 Å². The summed E-state index contributed by atoms with van der Waals surface area (Å²) in [6.07, 6.45) is 8.55. The van der Waals surface area contributed by atoms with Gasteiger partial charge in [-0.05, 0) is 18.8 Å². The van der Waals surface area contributed by atoms with Crippen molar-refractivity contribution in [2.45, 2.75) is 19.3 Å². The van der Waals surface area contributed by atoms with Crippen LogP contribution in [0.5, 0.6) is 0 Å². The monoisotopic (exact) mass is 350 g/mol. The first-order valence-corrected chi connectivity index (χ1v) is 8.95. The second-order valence-electron chi connectivity index (χ2n) is 6.68. The number of carbonyl (C=O) groups excluding carboxylic acids is 1. The van der Waals surface area contributed by atoms with Crippen LogP contribution in [0.1, 0.15) is 29.6 Å². The van der Waals surface area contributed by atoms with Crippen molar-refractivity contribution in [3.8, 4) is 11.3 Å². The summed E-state index contributed by atoms with van der Waals surface area (Å²) in [5, 5.41) is 3.24. The predicted octanol–water partition coefficient (Wildman–Crippen LogP) is 3.44. The number of nitrogens with zero attached hydrogens (tertiary/aromatic N) is 3. The molecule has 1 saturated carbocycles. The summed E-state index contributed by atoms with van der Waals surface area (Å²) in [6.45, 7) is 1.27. The van der Waals surface area contributed by atoms with Gasteiger partial charge in [-0.1, -0.05) is 24.3 Å². The minimum atomic E-state index is 0.242. The van der Waals surface area contributed by atoms with Gasteiger partial charge in [0.2, 0.25) is 0 Å². The fraction of sp³-hybridized carbons (Fsp3) is 0.350. The lowest BCUT2D eigenvalue weighted by molar-refractivity contribution is 0.0976. The quantitative estimate of drug-likeness (QED) is 0.498. The molecule has 1 N–H and O–H groups in total. The van der Waals surface area contributed by atoms with E-state index in [4.69, 9.17) is 4.74 Å². The average Bonchev–Trinajstić information content (AvgIpc) is 3.37. The largest absolute Gasteiger partial charge is 0.383 e. The van der Waals surface area contributed by atoms with E-state index in [-0.39, 0.29) is 5.78 Å². The van der Waals surface area contributed by atoms with E-state index in [0.29, 0.717) is 25.5 Å². The zero-order valence-electron chi connectivity index (χ0n) is 14.8. The van der Waals surface area contributed by atoms with Gasteiger partial charge in [-0.25, -0.2) is 9.97 Å². The molecule has 6 nitrogen and oxygen atoms in total. The van der Waals surface area contributed by atoms with Crippen molar-refractivity contribution in [2.75, 3.05) is 25.6 Å². The number of nitrogens with one attached hydrogen (secondary N) is 1. The minimum Gasteiger partial charge on any atom is -0.383 e. The highest BCUT2D eigenvalue weighted by Gasteiger charge is 2.24. The summed E-state index contributed by atoms with van der Waals surface area (Å²) in [7, 11) is 1.67. The van der Waals surface area contributed by atoms with E-state index in [1.54, 1.807) is 13.3 Å². The number of rotatable bonds is 8. The molecule has 0 atom stereocenters. The van der Waals surface area contributed by atoms with Crippen molar-refractivity contribution >= 4 is 17.2 Å². The molecular formula is C20H22N4O2. The third-order valence-electron chi connectivity index (χ3n) is 4.70. The molecule has 0 saturated heterocycles. The summed E-state index contributed by atoms with van der Waals surface area (Å²) < 4.78 is 7.07. The van der Waals surface area contributed by atoms with E-state index in [9.17, 15) is 4.79 Å². The number of imidazole rings is 1. The van der Waals surface area contributed by atoms with Crippen LogP contribution in [-0.2, 0) is 4.74 Å². The predicted molar refractivity (Wildman–Crippen MR) is 100 cm³/mol. The molecule has 1 fully saturated rings. The lowest BCUT2D eigenvalue weighted by Gasteiger charge is -2.07. The summed E-state index contributed by atoms with van der Waals surface area (Å²) in [6, 6.07) is 7.81. The van der Waals surface area contributed by atoms with Crippen LogP contribution in [-0.4, -0.2) is 40.4 Å². The smallest absolute Gasteiger partial charge is 0.180 e.